The first-order chi connectivity index (χ1) is 7.30. The van der Waals surface area contributed by atoms with Crippen LogP contribution in [0.25, 0.3) is 5.57 Å². The molecule has 0 fully saturated rings. The molecule has 1 aromatic carbocycles. The predicted octanol–water partition coefficient (Wildman–Crippen LogP) is 2.66. The van der Waals surface area contributed by atoms with E-state index < -0.39 is 10.1 Å². The van der Waals surface area contributed by atoms with E-state index in [-0.39, 0.29) is 4.90 Å². The van der Waals surface area contributed by atoms with Crippen LogP contribution in [0.1, 0.15) is 12.5 Å². The molecule has 2 rings (SSSR count). The Morgan fingerprint density at radius 3 is 2.62 bits per heavy atom. The van der Waals surface area contributed by atoms with Crippen LogP contribution < -0.4 is 0 Å². The summed E-state index contributed by atoms with van der Waals surface area (Å²) in [6.45, 7) is 5.63. The molecular formula is C10H8INO3S. The molecule has 0 saturated carbocycles. The molecule has 0 radical (unpaired) electrons. The Morgan fingerprint density at radius 1 is 1.44 bits per heavy atom. The summed E-state index contributed by atoms with van der Waals surface area (Å²) in [6, 6.07) is 3.04. The molecule has 0 atom stereocenters. The molecule has 1 aromatic rings. The van der Waals surface area contributed by atoms with E-state index in [2.05, 4.69) is 11.6 Å². The second kappa shape index (κ2) is 3.64. The van der Waals surface area contributed by atoms with Gasteiger partial charge in [-0.1, -0.05) is 6.58 Å². The minimum atomic E-state index is -4.20. The molecule has 16 heavy (non-hydrogen) atoms. The summed E-state index contributed by atoms with van der Waals surface area (Å²) < 4.78 is 31.8. The number of fused-ring (bicyclic) bond motifs is 1. The molecule has 4 nitrogen and oxygen atoms in total. The van der Waals surface area contributed by atoms with Crippen LogP contribution in [0.4, 0.5) is 5.69 Å². The van der Waals surface area contributed by atoms with Crippen molar-refractivity contribution in [2.24, 2.45) is 4.99 Å². The second-order valence-corrected chi connectivity index (χ2v) is 6.00. The maximum atomic E-state index is 11.1. The second-order valence-electron chi connectivity index (χ2n) is 3.45. The van der Waals surface area contributed by atoms with Gasteiger partial charge in [0.15, 0.2) is 0 Å². The third-order valence-electron chi connectivity index (χ3n) is 2.38. The lowest BCUT2D eigenvalue weighted by molar-refractivity contribution is 0.482. The van der Waals surface area contributed by atoms with E-state index in [9.17, 15) is 8.42 Å². The summed E-state index contributed by atoms with van der Waals surface area (Å²) in [5.74, 6) is 0. The van der Waals surface area contributed by atoms with Gasteiger partial charge in [-0.3, -0.25) is 9.55 Å². The van der Waals surface area contributed by atoms with Crippen molar-refractivity contribution < 1.29 is 13.0 Å². The maximum absolute atomic E-state index is 11.1. The number of hydrogen-bond donors (Lipinski definition) is 1. The third-order valence-corrected chi connectivity index (χ3v) is 4.53. The summed E-state index contributed by atoms with van der Waals surface area (Å²) in [6.07, 6.45) is 0. The summed E-state index contributed by atoms with van der Waals surface area (Å²) in [4.78, 5) is 4.15. The van der Waals surface area contributed by atoms with Crippen LogP contribution in [-0.2, 0) is 10.1 Å². The van der Waals surface area contributed by atoms with Crippen molar-refractivity contribution >= 4 is 49.7 Å². The summed E-state index contributed by atoms with van der Waals surface area (Å²) in [5, 5.41) is 0. The summed E-state index contributed by atoms with van der Waals surface area (Å²) >= 11 is 1.86. The number of nitrogens with zero attached hydrogens (tertiary/aromatic N) is 1. The van der Waals surface area contributed by atoms with Gasteiger partial charge in [-0.2, -0.15) is 8.42 Å². The lowest BCUT2D eigenvalue weighted by Gasteiger charge is -2.05. The van der Waals surface area contributed by atoms with Gasteiger partial charge in [0.2, 0.25) is 0 Å². The van der Waals surface area contributed by atoms with Gasteiger partial charge in [-0.15, -0.1) is 0 Å². The fourth-order valence-electron chi connectivity index (χ4n) is 1.52. The van der Waals surface area contributed by atoms with E-state index in [1.54, 1.807) is 6.07 Å². The molecular weight excluding hydrogens is 341 g/mol. The average Bonchev–Trinajstić information content (AvgIpc) is 2.39. The van der Waals surface area contributed by atoms with E-state index in [4.69, 9.17) is 4.55 Å². The van der Waals surface area contributed by atoms with Gasteiger partial charge < -0.3 is 0 Å². The molecule has 0 aromatic heterocycles. The van der Waals surface area contributed by atoms with Gasteiger partial charge in [0.25, 0.3) is 10.1 Å². The minimum absolute atomic E-state index is 0.0992. The molecule has 1 heterocycles. The molecule has 0 saturated heterocycles. The van der Waals surface area contributed by atoms with Crippen molar-refractivity contribution in [3.05, 3.63) is 27.8 Å². The lowest BCUT2D eigenvalue weighted by Crippen LogP contribution is -2.01. The van der Waals surface area contributed by atoms with Crippen molar-refractivity contribution in [2.75, 3.05) is 0 Å². The maximum Gasteiger partial charge on any atom is 0.295 e. The number of allylic oxidation sites excluding steroid dienone is 1. The molecule has 1 aliphatic rings. The van der Waals surface area contributed by atoms with Crippen LogP contribution in [0, 0.1) is 3.57 Å². The Hall–Kier alpha value is -0.730. The third kappa shape index (κ3) is 1.80. The van der Waals surface area contributed by atoms with Crippen LogP contribution in [0.15, 0.2) is 28.6 Å². The Balaban J connectivity index is 2.73. The molecule has 0 bridgehead atoms. The molecule has 0 unspecified atom stereocenters. The van der Waals surface area contributed by atoms with Crippen molar-refractivity contribution in [1.82, 2.24) is 0 Å². The highest BCUT2D eigenvalue weighted by atomic mass is 127. The molecule has 84 valence electrons. The zero-order valence-electron chi connectivity index (χ0n) is 8.36. The van der Waals surface area contributed by atoms with Gasteiger partial charge >= 0.3 is 0 Å². The summed E-state index contributed by atoms with van der Waals surface area (Å²) in [5.41, 5.74) is 2.81. The zero-order chi connectivity index (χ0) is 12.1. The Morgan fingerprint density at radius 2 is 2.06 bits per heavy atom. The fraction of sp³-hybridized carbons (Fsp3) is 0.100. The van der Waals surface area contributed by atoms with Crippen molar-refractivity contribution in [1.29, 1.82) is 0 Å². The highest BCUT2D eigenvalue weighted by molar-refractivity contribution is 14.1. The standard InChI is InChI=1S/C10H8INO3S/c1-5-6(2)12-9-4-8(11)10(3-7(5)9)16(13,14)15/h3-4H,1H2,2H3,(H,13,14,15). The SMILES string of the molecule is C=C1C(C)=Nc2cc(I)c(S(=O)(=O)O)cc21. The van der Waals surface area contributed by atoms with E-state index >= 15 is 0 Å². The molecule has 6 heteroatoms. The Labute approximate surface area is 107 Å². The molecule has 0 aliphatic carbocycles. The van der Waals surface area contributed by atoms with Gasteiger partial charge in [-0.25, -0.2) is 0 Å². The van der Waals surface area contributed by atoms with E-state index in [0.29, 0.717) is 20.4 Å². The quantitative estimate of drug-likeness (QED) is 0.626. The van der Waals surface area contributed by atoms with Gasteiger partial charge in [0.05, 0.1) is 5.69 Å². The smallest absolute Gasteiger partial charge is 0.282 e. The molecule has 0 spiro atoms. The van der Waals surface area contributed by atoms with Gasteiger partial charge in [-0.05, 0) is 47.2 Å². The van der Waals surface area contributed by atoms with Crippen molar-refractivity contribution in [2.45, 2.75) is 11.8 Å². The van der Waals surface area contributed by atoms with Crippen LogP contribution in [0.2, 0.25) is 0 Å². The number of benzene rings is 1. The molecule has 0 amide bonds. The summed E-state index contributed by atoms with van der Waals surface area (Å²) in [7, 11) is -4.20. The van der Waals surface area contributed by atoms with Crippen LogP contribution >= 0.6 is 22.6 Å². The van der Waals surface area contributed by atoms with E-state index in [1.165, 1.54) is 6.07 Å². The van der Waals surface area contributed by atoms with Crippen molar-refractivity contribution in [3.8, 4) is 0 Å². The number of hydrogen-bond acceptors (Lipinski definition) is 3. The highest BCUT2D eigenvalue weighted by Gasteiger charge is 2.22. The topological polar surface area (TPSA) is 66.7 Å². The fourth-order valence-corrected chi connectivity index (χ4v) is 3.38. The zero-order valence-corrected chi connectivity index (χ0v) is 11.3. The number of aliphatic imine (C=N–C) groups is 1. The number of rotatable bonds is 1. The Bertz CT molecular complexity index is 632. The first-order valence-corrected chi connectivity index (χ1v) is 6.88. The van der Waals surface area contributed by atoms with Crippen LogP contribution in [-0.4, -0.2) is 18.7 Å². The predicted molar refractivity (Wildman–Crippen MR) is 70.8 cm³/mol. The minimum Gasteiger partial charge on any atom is -0.282 e. The lowest BCUT2D eigenvalue weighted by atomic mass is 10.1. The normalized spacial score (nSPS) is 14.9. The molecule has 1 aliphatic heterocycles. The highest BCUT2D eigenvalue weighted by Crippen LogP contribution is 2.37. The van der Waals surface area contributed by atoms with E-state index in [1.807, 2.05) is 29.5 Å². The van der Waals surface area contributed by atoms with Gasteiger partial charge in [0.1, 0.15) is 4.90 Å². The van der Waals surface area contributed by atoms with Crippen molar-refractivity contribution in [3.63, 3.8) is 0 Å². The largest absolute Gasteiger partial charge is 0.295 e. The first-order valence-electron chi connectivity index (χ1n) is 4.36. The average molecular weight is 349 g/mol. The molecule has 1 N–H and O–H groups in total. The monoisotopic (exact) mass is 349 g/mol. The Kier molecular flexibility index (Phi) is 2.67. The van der Waals surface area contributed by atoms with Crippen LogP contribution in [0.3, 0.4) is 0 Å². The van der Waals surface area contributed by atoms with Gasteiger partial charge in [0, 0.05) is 14.8 Å². The first kappa shape index (κ1) is 11.7. The van der Waals surface area contributed by atoms with E-state index in [0.717, 1.165) is 5.71 Å². The van der Waals surface area contributed by atoms with Crippen LogP contribution in [0.5, 0.6) is 0 Å². The number of halogens is 1.